The third-order valence-electron chi connectivity index (χ3n) is 12.2. The molecule has 296 valence electrons. The lowest BCUT2D eigenvalue weighted by molar-refractivity contribution is -0.137. The minimum absolute atomic E-state index is 0.00742. The average Bonchev–Trinajstić information content (AvgIpc) is 4.10. The average molecular weight is 775 g/mol. The molecule has 3 amide bonds. The number of benzene rings is 2. The van der Waals surface area contributed by atoms with Gasteiger partial charge < -0.3 is 35.0 Å². The summed E-state index contributed by atoms with van der Waals surface area (Å²) in [7, 11) is 2.76. The molecule has 4 heterocycles. The van der Waals surface area contributed by atoms with Gasteiger partial charge in [0.05, 0.1) is 49.0 Å². The first-order chi connectivity index (χ1) is 27.7. The first-order valence-corrected chi connectivity index (χ1v) is 19.6. The number of hydrogen-bond donors (Lipinski definition) is 4. The van der Waals surface area contributed by atoms with Crippen molar-refractivity contribution in [3.8, 4) is 33.6 Å². The van der Waals surface area contributed by atoms with Gasteiger partial charge in [0.2, 0.25) is 17.8 Å². The van der Waals surface area contributed by atoms with E-state index in [4.69, 9.17) is 14.5 Å². The van der Waals surface area contributed by atoms with Crippen LogP contribution >= 0.6 is 0 Å². The maximum Gasteiger partial charge on any atom is 0.407 e. The number of alkyl carbamates (subject to hydrolysis) is 1. The van der Waals surface area contributed by atoms with Gasteiger partial charge >= 0.3 is 6.09 Å². The van der Waals surface area contributed by atoms with Crippen LogP contribution in [0.5, 0.6) is 0 Å². The monoisotopic (exact) mass is 774 g/mol. The van der Waals surface area contributed by atoms with Crippen molar-refractivity contribution in [1.29, 1.82) is 0 Å². The Bertz CT molecular complexity index is 2220. The van der Waals surface area contributed by atoms with E-state index in [0.29, 0.717) is 29.8 Å². The number of pyridine rings is 1. The highest BCUT2D eigenvalue weighted by Crippen LogP contribution is 2.56. The molecule has 5 aromatic rings. The zero-order valence-corrected chi connectivity index (χ0v) is 32.2. The summed E-state index contributed by atoms with van der Waals surface area (Å²) in [6.07, 6.45) is 8.45. The van der Waals surface area contributed by atoms with Crippen molar-refractivity contribution in [2.24, 2.45) is 17.8 Å². The van der Waals surface area contributed by atoms with Crippen molar-refractivity contribution in [2.75, 3.05) is 20.8 Å². The minimum atomic E-state index is -0.894. The molecule has 8 rings (SSSR count). The van der Waals surface area contributed by atoms with Crippen molar-refractivity contribution in [1.82, 2.24) is 40.5 Å². The van der Waals surface area contributed by atoms with Crippen molar-refractivity contribution in [2.45, 2.75) is 69.7 Å². The molecule has 4 N–H and O–H groups in total. The predicted octanol–water partition coefficient (Wildman–Crippen LogP) is 6.54. The number of imidazole rings is 2. The molecular weight excluding hydrogens is 728 g/mol. The Morgan fingerprint density at radius 3 is 2.14 bits per heavy atom. The van der Waals surface area contributed by atoms with Crippen LogP contribution in [0.3, 0.4) is 0 Å². The van der Waals surface area contributed by atoms with Gasteiger partial charge in [-0.15, -0.1) is 0 Å². The van der Waals surface area contributed by atoms with E-state index < -0.39 is 24.2 Å². The van der Waals surface area contributed by atoms with Gasteiger partial charge in [-0.2, -0.15) is 4.39 Å². The second kappa shape index (κ2) is 16.3. The van der Waals surface area contributed by atoms with Crippen molar-refractivity contribution < 1.29 is 28.2 Å². The quantitative estimate of drug-likeness (QED) is 0.104. The highest BCUT2D eigenvalue weighted by Gasteiger charge is 2.52. The summed E-state index contributed by atoms with van der Waals surface area (Å²) in [5, 5.41) is 5.60. The van der Waals surface area contributed by atoms with E-state index >= 15 is 0 Å². The third-order valence-corrected chi connectivity index (χ3v) is 12.2. The van der Waals surface area contributed by atoms with E-state index in [-0.39, 0.29) is 36.2 Å². The number of aromatic nitrogens is 5. The maximum atomic E-state index is 14.1. The first kappa shape index (κ1) is 38.0. The number of nitrogens with zero attached hydrogens (tertiary/aromatic N) is 4. The van der Waals surface area contributed by atoms with Gasteiger partial charge in [-0.3, -0.25) is 9.59 Å². The zero-order chi connectivity index (χ0) is 39.6. The number of rotatable bonds is 12. The number of hydrogen-bond acceptors (Lipinski definition) is 8. The number of ether oxygens (including phenoxy) is 2. The van der Waals surface area contributed by atoms with Crippen molar-refractivity contribution in [3.63, 3.8) is 0 Å². The maximum absolute atomic E-state index is 14.1. The van der Waals surface area contributed by atoms with Crippen LogP contribution in [-0.2, 0) is 25.6 Å². The Balaban J connectivity index is 0.918. The Kier molecular flexibility index (Phi) is 10.9. The van der Waals surface area contributed by atoms with E-state index in [1.807, 2.05) is 18.3 Å². The van der Waals surface area contributed by atoms with E-state index in [0.717, 1.165) is 71.6 Å². The van der Waals surface area contributed by atoms with Crippen molar-refractivity contribution >= 4 is 17.9 Å². The highest BCUT2D eigenvalue weighted by atomic mass is 19.1. The fourth-order valence-corrected chi connectivity index (χ4v) is 9.10. The molecule has 13 nitrogen and oxygen atoms in total. The molecule has 57 heavy (non-hydrogen) atoms. The van der Waals surface area contributed by atoms with Gasteiger partial charge in [0.15, 0.2) is 0 Å². The third kappa shape index (κ3) is 7.65. The van der Waals surface area contributed by atoms with E-state index in [9.17, 15) is 18.8 Å². The Morgan fingerprint density at radius 1 is 0.860 bits per heavy atom. The van der Waals surface area contributed by atoms with E-state index in [2.05, 4.69) is 67.0 Å². The zero-order valence-electron chi connectivity index (χ0n) is 32.2. The Hall–Kier alpha value is -5.89. The molecular formula is C43H47FN8O5. The molecule has 7 atom stereocenters. The van der Waals surface area contributed by atoms with Crippen LogP contribution in [0, 0.1) is 23.7 Å². The summed E-state index contributed by atoms with van der Waals surface area (Å²) in [4.78, 5) is 61.0. The van der Waals surface area contributed by atoms with E-state index in [1.54, 1.807) is 30.2 Å². The molecule has 3 aromatic heterocycles. The molecule has 2 bridgehead atoms. The van der Waals surface area contributed by atoms with E-state index in [1.165, 1.54) is 20.4 Å². The summed E-state index contributed by atoms with van der Waals surface area (Å²) >= 11 is 0. The molecule has 1 saturated heterocycles. The molecule has 14 heteroatoms. The summed E-state index contributed by atoms with van der Waals surface area (Å²) in [5.74, 6) is 1.13. The predicted molar refractivity (Wildman–Crippen MR) is 210 cm³/mol. The number of halogens is 1. The fraction of sp³-hybridized carbons (Fsp3) is 0.395. The van der Waals surface area contributed by atoms with Crippen LogP contribution in [0.15, 0.2) is 79.3 Å². The number of likely N-dealkylation sites (tertiary alicyclic amines) is 1. The number of carbonyl (C=O) groups is 3. The Morgan fingerprint density at radius 2 is 1.49 bits per heavy atom. The summed E-state index contributed by atoms with van der Waals surface area (Å²) < 4.78 is 24.3. The molecule has 3 aliphatic rings. The molecule has 2 aromatic carbocycles. The lowest BCUT2D eigenvalue weighted by Crippen LogP contribution is -2.54. The van der Waals surface area contributed by atoms with Crippen LogP contribution in [0.4, 0.5) is 9.18 Å². The normalized spacial score (nSPS) is 22.3. The fourth-order valence-electron chi connectivity index (χ4n) is 9.10. The molecule has 0 spiro atoms. The largest absolute Gasteiger partial charge is 0.453 e. The summed E-state index contributed by atoms with van der Waals surface area (Å²) in [6.45, 7) is 2.39. The van der Waals surface area contributed by atoms with Gasteiger partial charge in [0, 0.05) is 37.9 Å². The van der Waals surface area contributed by atoms with Gasteiger partial charge in [0.25, 0.3) is 0 Å². The summed E-state index contributed by atoms with van der Waals surface area (Å²) in [6, 6.07) is 18.7. The second-order valence-electron chi connectivity index (χ2n) is 15.3. The highest BCUT2D eigenvalue weighted by molar-refractivity contribution is 5.87. The van der Waals surface area contributed by atoms with Crippen LogP contribution in [0.2, 0.25) is 0 Å². The number of aromatic amines is 2. The van der Waals surface area contributed by atoms with Crippen LogP contribution < -0.4 is 10.6 Å². The van der Waals surface area contributed by atoms with Crippen molar-refractivity contribution in [3.05, 3.63) is 102 Å². The number of methoxy groups -OCH3 is 2. The van der Waals surface area contributed by atoms with Gasteiger partial charge in [0.1, 0.15) is 17.7 Å². The number of carbonyl (C=O) groups excluding carboxylic acids is 3. The van der Waals surface area contributed by atoms with Crippen LogP contribution in [0.25, 0.3) is 33.6 Å². The molecule has 1 aliphatic heterocycles. The molecule has 4 unspecified atom stereocenters. The summed E-state index contributed by atoms with van der Waals surface area (Å²) in [5.41, 5.74) is 6.19. The number of nitrogens with one attached hydrogen (secondary N) is 4. The number of fused-ring (bicyclic) bond motifs is 2. The SMILES string of the molecule is COC(=O)N[C@H](C(=O)N1CCC[C@H]1c1ncc(-c2ccc(-c3ccc(-c4cnc(C5C6CCC(C6)C5C(=O)NCc5cccnc5F)[nH]4)cc3)cc2)[nH]1)[C@@H](C)OC. The van der Waals surface area contributed by atoms with Crippen LogP contribution in [-0.4, -0.2) is 80.6 Å². The number of amides is 3. The Labute approximate surface area is 330 Å². The smallest absolute Gasteiger partial charge is 0.407 e. The van der Waals surface area contributed by atoms with Gasteiger partial charge in [-0.25, -0.2) is 19.7 Å². The van der Waals surface area contributed by atoms with Gasteiger partial charge in [-0.1, -0.05) is 54.6 Å². The first-order valence-electron chi connectivity index (χ1n) is 19.6. The topological polar surface area (TPSA) is 167 Å². The molecule has 2 saturated carbocycles. The lowest BCUT2D eigenvalue weighted by atomic mass is 9.78. The minimum Gasteiger partial charge on any atom is -0.453 e. The molecule has 2 aliphatic carbocycles. The van der Waals surface area contributed by atoms with Gasteiger partial charge in [-0.05, 0) is 79.2 Å². The lowest BCUT2D eigenvalue weighted by Gasteiger charge is -2.30. The number of H-pyrrole nitrogens is 2. The molecule has 0 radical (unpaired) electrons. The standard InChI is InChI=1S/C43H47FN8O5/c1-24(56-2)37(51-43(55)57-3)42(54)52-19-5-7-34(52)39-46-22-32(49-39)27-12-8-25(9-13-27)26-10-14-28(15-11-26)33-23-47-40(50-33)35-29-16-17-30(20-29)36(35)41(53)48-21-31-6-4-18-45-38(31)44/h4,6,8-15,18,22-24,29-30,34-37H,5,7,16-17,19-21H2,1-3H3,(H,46,49)(H,47,50)(H,48,53)(H,51,55)/t24-,29?,30?,34+,35?,36?,37+/m1/s1. The van der Waals surface area contributed by atoms with Crippen LogP contribution in [0.1, 0.15) is 68.2 Å². The molecule has 3 fully saturated rings. The second-order valence-corrected chi connectivity index (χ2v) is 15.3.